The molecule has 0 fully saturated rings. The van der Waals surface area contributed by atoms with Crippen LogP contribution >= 0.6 is 0 Å². The maximum absolute atomic E-state index is 12.2. The molecule has 1 N–H and O–H groups in total. The van der Waals surface area contributed by atoms with E-state index >= 15 is 0 Å². The van der Waals surface area contributed by atoms with Gasteiger partial charge < -0.3 is 9.51 Å². The lowest BCUT2D eigenvalue weighted by Gasteiger charge is -1.99. The summed E-state index contributed by atoms with van der Waals surface area (Å²) in [4.78, 5) is 23.2. The first-order valence-corrected chi connectivity index (χ1v) is 6.68. The average molecular weight is 290 g/mol. The van der Waals surface area contributed by atoms with Gasteiger partial charge in [-0.1, -0.05) is 23.4 Å². The minimum atomic E-state index is -0.249. The molecule has 0 saturated heterocycles. The summed E-state index contributed by atoms with van der Waals surface area (Å²) >= 11 is 0. The first-order valence-electron chi connectivity index (χ1n) is 6.68. The minimum Gasteiger partial charge on any atom is -0.334 e. The van der Waals surface area contributed by atoms with Gasteiger partial charge in [0.05, 0.1) is 5.56 Å². The van der Waals surface area contributed by atoms with Crippen molar-refractivity contribution in [3.8, 4) is 22.8 Å². The van der Waals surface area contributed by atoms with Crippen LogP contribution in [0.15, 0.2) is 64.2 Å². The van der Waals surface area contributed by atoms with Crippen LogP contribution in [0.1, 0.15) is 0 Å². The molecule has 3 heterocycles. The molecular weight excluding hydrogens is 280 g/mol. The third-order valence-corrected chi connectivity index (χ3v) is 3.35. The van der Waals surface area contributed by atoms with Crippen molar-refractivity contribution < 1.29 is 4.52 Å². The number of hydrogen-bond acceptors (Lipinski definition) is 5. The van der Waals surface area contributed by atoms with Gasteiger partial charge >= 0.3 is 0 Å². The van der Waals surface area contributed by atoms with E-state index in [1.807, 2.05) is 24.3 Å². The van der Waals surface area contributed by atoms with Crippen LogP contribution in [0.3, 0.4) is 0 Å². The van der Waals surface area contributed by atoms with Crippen LogP contribution in [0.2, 0.25) is 0 Å². The molecule has 0 spiro atoms. The summed E-state index contributed by atoms with van der Waals surface area (Å²) in [6.45, 7) is 0. The Morgan fingerprint density at radius 3 is 2.73 bits per heavy atom. The summed E-state index contributed by atoms with van der Waals surface area (Å²) in [7, 11) is 0. The van der Waals surface area contributed by atoms with Gasteiger partial charge in [0.25, 0.3) is 11.4 Å². The molecule has 0 atom stereocenters. The van der Waals surface area contributed by atoms with Gasteiger partial charge in [-0.25, -0.2) is 0 Å². The maximum atomic E-state index is 12.2. The molecule has 3 aromatic heterocycles. The Kier molecular flexibility index (Phi) is 2.79. The Bertz CT molecular complexity index is 1010. The van der Waals surface area contributed by atoms with Crippen molar-refractivity contribution >= 4 is 10.9 Å². The number of fused-ring (bicyclic) bond motifs is 1. The second-order valence-electron chi connectivity index (χ2n) is 4.76. The Labute approximate surface area is 124 Å². The van der Waals surface area contributed by atoms with Crippen molar-refractivity contribution in [3.63, 3.8) is 0 Å². The van der Waals surface area contributed by atoms with E-state index < -0.39 is 0 Å². The van der Waals surface area contributed by atoms with Crippen molar-refractivity contribution in [3.05, 3.63) is 65.2 Å². The predicted octanol–water partition coefficient (Wildman–Crippen LogP) is 2.64. The first-order chi connectivity index (χ1) is 10.8. The van der Waals surface area contributed by atoms with Gasteiger partial charge in [-0.15, -0.1) is 0 Å². The zero-order valence-corrected chi connectivity index (χ0v) is 11.4. The predicted molar refractivity (Wildman–Crippen MR) is 81.1 cm³/mol. The highest BCUT2D eigenvalue weighted by atomic mass is 16.5. The highest BCUT2D eigenvalue weighted by molar-refractivity contribution is 5.82. The van der Waals surface area contributed by atoms with E-state index in [4.69, 9.17) is 4.52 Å². The van der Waals surface area contributed by atoms with Gasteiger partial charge in [0.2, 0.25) is 5.82 Å². The molecule has 0 unspecified atom stereocenters. The molecule has 0 radical (unpaired) electrons. The minimum absolute atomic E-state index is 0.249. The van der Waals surface area contributed by atoms with Crippen LogP contribution in [0.4, 0.5) is 0 Å². The number of pyridine rings is 2. The Morgan fingerprint density at radius 1 is 1.05 bits per heavy atom. The normalized spacial score (nSPS) is 10.9. The van der Waals surface area contributed by atoms with Crippen LogP contribution in [-0.2, 0) is 0 Å². The zero-order valence-electron chi connectivity index (χ0n) is 11.4. The number of aromatic amines is 1. The van der Waals surface area contributed by atoms with Gasteiger partial charge in [0, 0.05) is 23.5 Å². The molecule has 0 aliphatic rings. The number of benzene rings is 1. The van der Waals surface area contributed by atoms with Gasteiger partial charge in [-0.3, -0.25) is 9.78 Å². The van der Waals surface area contributed by atoms with Crippen molar-refractivity contribution in [2.24, 2.45) is 0 Å². The molecule has 4 aromatic rings. The van der Waals surface area contributed by atoms with Crippen molar-refractivity contribution in [1.82, 2.24) is 20.1 Å². The van der Waals surface area contributed by atoms with E-state index in [-0.39, 0.29) is 11.4 Å². The van der Waals surface area contributed by atoms with Crippen LogP contribution < -0.4 is 5.56 Å². The summed E-state index contributed by atoms with van der Waals surface area (Å²) in [6, 6.07) is 12.8. The summed E-state index contributed by atoms with van der Waals surface area (Å²) in [5.41, 5.74) is 1.66. The third kappa shape index (κ3) is 2.07. The molecule has 0 aliphatic heterocycles. The lowest BCUT2D eigenvalue weighted by atomic mass is 10.1. The Balaban J connectivity index is 1.84. The Hall–Kier alpha value is -3.28. The molecule has 6 nitrogen and oxygen atoms in total. The van der Waals surface area contributed by atoms with Crippen molar-refractivity contribution in [2.45, 2.75) is 0 Å². The fourth-order valence-corrected chi connectivity index (χ4v) is 2.26. The standard InChI is InChI=1S/C16H10N4O2/c21-15-12(9-11-3-1-2-4-13(11)18-15)14-19-16(22-20-14)10-5-7-17-8-6-10/h1-9H,(H,18,21). The molecular formula is C16H10N4O2. The molecule has 0 amide bonds. The monoisotopic (exact) mass is 290 g/mol. The number of aromatic nitrogens is 4. The second-order valence-corrected chi connectivity index (χ2v) is 4.76. The number of para-hydroxylation sites is 1. The summed E-state index contributed by atoms with van der Waals surface area (Å²) in [5.74, 6) is 0.615. The molecule has 0 bridgehead atoms. The van der Waals surface area contributed by atoms with E-state index in [9.17, 15) is 4.79 Å². The SMILES string of the molecule is O=c1[nH]c2ccccc2cc1-c1noc(-c2ccncc2)n1. The number of hydrogen-bond donors (Lipinski definition) is 1. The maximum Gasteiger partial charge on any atom is 0.259 e. The first kappa shape index (κ1) is 12.5. The number of nitrogens with one attached hydrogen (secondary N) is 1. The van der Waals surface area contributed by atoms with E-state index in [1.54, 1.807) is 30.6 Å². The van der Waals surface area contributed by atoms with E-state index in [0.717, 1.165) is 16.5 Å². The van der Waals surface area contributed by atoms with Crippen molar-refractivity contribution in [1.29, 1.82) is 0 Å². The lowest BCUT2D eigenvalue weighted by molar-refractivity contribution is 0.432. The Morgan fingerprint density at radius 2 is 1.86 bits per heavy atom. The number of nitrogens with zero attached hydrogens (tertiary/aromatic N) is 3. The molecule has 0 saturated carbocycles. The van der Waals surface area contributed by atoms with Crippen LogP contribution in [0.5, 0.6) is 0 Å². The topological polar surface area (TPSA) is 84.7 Å². The average Bonchev–Trinajstić information content (AvgIpc) is 3.05. The van der Waals surface area contributed by atoms with E-state index in [1.165, 1.54) is 0 Å². The highest BCUT2D eigenvalue weighted by Gasteiger charge is 2.14. The zero-order chi connectivity index (χ0) is 14.9. The molecule has 22 heavy (non-hydrogen) atoms. The van der Waals surface area contributed by atoms with Gasteiger partial charge in [0.15, 0.2) is 0 Å². The largest absolute Gasteiger partial charge is 0.334 e. The number of rotatable bonds is 2. The summed E-state index contributed by atoms with van der Waals surface area (Å²) in [5, 5.41) is 4.81. The summed E-state index contributed by atoms with van der Waals surface area (Å²) < 4.78 is 5.23. The fraction of sp³-hybridized carbons (Fsp3) is 0. The quantitative estimate of drug-likeness (QED) is 0.613. The van der Waals surface area contributed by atoms with E-state index in [0.29, 0.717) is 11.5 Å². The molecule has 4 rings (SSSR count). The highest BCUT2D eigenvalue weighted by Crippen LogP contribution is 2.21. The third-order valence-electron chi connectivity index (χ3n) is 3.35. The molecule has 1 aromatic carbocycles. The van der Waals surface area contributed by atoms with Gasteiger partial charge in [-0.2, -0.15) is 4.98 Å². The van der Waals surface area contributed by atoms with Crippen LogP contribution in [-0.4, -0.2) is 20.1 Å². The number of H-pyrrole nitrogens is 1. The summed E-state index contributed by atoms with van der Waals surface area (Å²) in [6.07, 6.45) is 3.28. The van der Waals surface area contributed by atoms with Gasteiger partial charge in [0.1, 0.15) is 0 Å². The van der Waals surface area contributed by atoms with Crippen LogP contribution in [0, 0.1) is 0 Å². The molecule has 106 valence electrons. The van der Waals surface area contributed by atoms with Gasteiger partial charge in [-0.05, 0) is 29.7 Å². The fourth-order valence-electron chi connectivity index (χ4n) is 2.26. The molecule has 0 aliphatic carbocycles. The van der Waals surface area contributed by atoms with Crippen LogP contribution in [0.25, 0.3) is 33.7 Å². The smallest absolute Gasteiger partial charge is 0.259 e. The molecule has 6 heteroatoms. The van der Waals surface area contributed by atoms with Crippen molar-refractivity contribution in [2.75, 3.05) is 0 Å². The van der Waals surface area contributed by atoms with E-state index in [2.05, 4.69) is 20.1 Å². The lowest BCUT2D eigenvalue weighted by Crippen LogP contribution is -2.09. The second kappa shape index (κ2) is 4.92.